The van der Waals surface area contributed by atoms with Gasteiger partial charge in [-0.2, -0.15) is 0 Å². The number of rotatable bonds is 3. The Hall–Kier alpha value is -2.07. The molecule has 1 aromatic carbocycles. The molecule has 20 heavy (non-hydrogen) atoms. The minimum Gasteiger partial charge on any atom is -0.477 e. The number of hydrogen-bond donors (Lipinski definition) is 1. The van der Waals surface area contributed by atoms with Gasteiger partial charge in [-0.15, -0.1) is 0 Å². The van der Waals surface area contributed by atoms with Crippen LogP contribution in [-0.2, 0) is 0 Å². The molecule has 0 spiro atoms. The lowest BCUT2D eigenvalue weighted by Crippen LogP contribution is -2.03. The Kier molecular flexibility index (Phi) is 3.95. The highest BCUT2D eigenvalue weighted by Gasteiger charge is 2.16. The van der Waals surface area contributed by atoms with E-state index in [1.165, 1.54) is 12.1 Å². The summed E-state index contributed by atoms with van der Waals surface area (Å²) in [5.41, 5.74) is 2.90. The summed E-state index contributed by atoms with van der Waals surface area (Å²) in [5, 5.41) is 9.35. The molecule has 0 amide bonds. The first-order chi connectivity index (χ1) is 9.40. The largest absolute Gasteiger partial charge is 0.477 e. The third-order valence-corrected chi connectivity index (χ3v) is 3.34. The Labute approximate surface area is 122 Å². The van der Waals surface area contributed by atoms with E-state index in [2.05, 4.69) is 4.98 Å². The second-order valence-corrected chi connectivity index (χ2v) is 4.93. The minimum absolute atomic E-state index is 0.00167. The molecule has 1 aromatic heterocycles. The van der Waals surface area contributed by atoms with Gasteiger partial charge in [-0.05, 0) is 49.6 Å². The molecule has 0 aliphatic heterocycles. The van der Waals surface area contributed by atoms with Gasteiger partial charge >= 0.3 is 5.97 Å². The molecule has 0 radical (unpaired) electrons. The predicted molar refractivity (Wildman–Crippen MR) is 76.9 cm³/mol. The molecule has 0 bridgehead atoms. The smallest absolute Gasteiger partial charge is 0.341 e. The van der Waals surface area contributed by atoms with E-state index in [9.17, 15) is 4.79 Å². The molecule has 0 fully saturated rings. The second kappa shape index (κ2) is 5.51. The zero-order chi connectivity index (χ0) is 14.9. The topological polar surface area (TPSA) is 59.4 Å². The standard InChI is InChI=1S/C15H14ClNO3/c1-8-4-5-9(2)13(10(8)3)20-14-11(15(18)19)6-7-12(16)17-14/h4-7H,1-3H3,(H,18,19). The van der Waals surface area contributed by atoms with Crippen LogP contribution < -0.4 is 4.74 Å². The molecule has 2 aromatic rings. The summed E-state index contributed by atoms with van der Waals surface area (Å²) < 4.78 is 5.72. The Morgan fingerprint density at radius 2 is 1.80 bits per heavy atom. The van der Waals surface area contributed by atoms with Crippen LogP contribution in [0.1, 0.15) is 27.0 Å². The van der Waals surface area contributed by atoms with E-state index in [1.807, 2.05) is 32.9 Å². The normalized spacial score (nSPS) is 10.4. The van der Waals surface area contributed by atoms with Crippen molar-refractivity contribution in [2.75, 3.05) is 0 Å². The van der Waals surface area contributed by atoms with E-state index in [4.69, 9.17) is 21.4 Å². The molecule has 0 unspecified atom stereocenters. The molecular weight excluding hydrogens is 278 g/mol. The van der Waals surface area contributed by atoms with Crippen LogP contribution in [0.25, 0.3) is 0 Å². The Morgan fingerprint density at radius 3 is 2.45 bits per heavy atom. The number of halogens is 1. The molecule has 0 saturated heterocycles. The van der Waals surface area contributed by atoms with Crippen LogP contribution in [0.2, 0.25) is 5.15 Å². The molecule has 104 valence electrons. The fourth-order valence-electron chi connectivity index (χ4n) is 1.84. The summed E-state index contributed by atoms with van der Waals surface area (Å²) in [4.78, 5) is 15.2. The molecule has 1 N–H and O–H groups in total. The monoisotopic (exact) mass is 291 g/mol. The van der Waals surface area contributed by atoms with Crippen molar-refractivity contribution in [2.24, 2.45) is 0 Å². The number of ether oxygens (including phenoxy) is 1. The first-order valence-corrected chi connectivity index (χ1v) is 6.42. The number of nitrogens with zero attached hydrogens (tertiary/aromatic N) is 1. The number of pyridine rings is 1. The summed E-state index contributed by atoms with van der Waals surface area (Å²) in [6.07, 6.45) is 0. The van der Waals surface area contributed by atoms with Gasteiger partial charge in [0.2, 0.25) is 5.88 Å². The SMILES string of the molecule is Cc1ccc(C)c(Oc2nc(Cl)ccc2C(=O)O)c1C. The van der Waals surface area contributed by atoms with Crippen LogP contribution in [0.15, 0.2) is 24.3 Å². The van der Waals surface area contributed by atoms with Gasteiger partial charge in [-0.1, -0.05) is 23.7 Å². The first kappa shape index (κ1) is 14.3. The van der Waals surface area contributed by atoms with Crippen molar-refractivity contribution in [3.05, 3.63) is 51.7 Å². The maximum absolute atomic E-state index is 11.2. The zero-order valence-corrected chi connectivity index (χ0v) is 12.2. The van der Waals surface area contributed by atoms with Crippen molar-refractivity contribution in [3.63, 3.8) is 0 Å². The number of carboxylic acids is 1. The lowest BCUT2D eigenvalue weighted by atomic mass is 10.1. The zero-order valence-electron chi connectivity index (χ0n) is 11.4. The molecule has 0 saturated carbocycles. The Morgan fingerprint density at radius 1 is 1.15 bits per heavy atom. The summed E-state index contributed by atoms with van der Waals surface area (Å²) in [5.74, 6) is -0.490. The summed E-state index contributed by atoms with van der Waals surface area (Å²) in [7, 11) is 0. The number of hydrogen-bond acceptors (Lipinski definition) is 3. The number of aromatic nitrogens is 1. The maximum atomic E-state index is 11.2. The number of aryl methyl sites for hydroxylation is 2. The van der Waals surface area contributed by atoms with Crippen molar-refractivity contribution >= 4 is 17.6 Å². The molecule has 1 heterocycles. The third-order valence-electron chi connectivity index (χ3n) is 3.13. The first-order valence-electron chi connectivity index (χ1n) is 6.04. The number of benzene rings is 1. The van der Waals surface area contributed by atoms with Gasteiger partial charge in [0.25, 0.3) is 0 Å². The predicted octanol–water partition coefficient (Wildman–Crippen LogP) is 4.15. The second-order valence-electron chi connectivity index (χ2n) is 4.55. The lowest BCUT2D eigenvalue weighted by Gasteiger charge is -2.14. The van der Waals surface area contributed by atoms with Crippen molar-refractivity contribution < 1.29 is 14.6 Å². The van der Waals surface area contributed by atoms with Gasteiger partial charge in [-0.25, -0.2) is 9.78 Å². The van der Waals surface area contributed by atoms with Crippen molar-refractivity contribution in [3.8, 4) is 11.6 Å². The molecule has 4 nitrogen and oxygen atoms in total. The van der Waals surface area contributed by atoms with Crippen LogP contribution in [0, 0.1) is 20.8 Å². The van der Waals surface area contributed by atoms with Gasteiger partial charge in [0.1, 0.15) is 16.5 Å². The summed E-state index contributed by atoms with van der Waals surface area (Å²) in [6.45, 7) is 5.78. The van der Waals surface area contributed by atoms with Crippen LogP contribution >= 0.6 is 11.6 Å². The maximum Gasteiger partial charge on any atom is 0.341 e. The fourth-order valence-corrected chi connectivity index (χ4v) is 1.98. The van der Waals surface area contributed by atoms with Gasteiger partial charge < -0.3 is 9.84 Å². The molecule has 0 aliphatic carbocycles. The molecule has 0 atom stereocenters. The van der Waals surface area contributed by atoms with Gasteiger partial charge in [0, 0.05) is 0 Å². The highest BCUT2D eigenvalue weighted by molar-refractivity contribution is 6.29. The van der Waals surface area contributed by atoms with Crippen LogP contribution in [-0.4, -0.2) is 16.1 Å². The van der Waals surface area contributed by atoms with E-state index in [0.29, 0.717) is 5.75 Å². The Bertz CT molecular complexity index is 683. The molecular formula is C15H14ClNO3. The summed E-state index contributed by atoms with van der Waals surface area (Å²) >= 11 is 5.81. The van der Waals surface area contributed by atoms with Gasteiger partial charge in [0.15, 0.2) is 0 Å². The van der Waals surface area contributed by atoms with Crippen molar-refractivity contribution in [2.45, 2.75) is 20.8 Å². The van der Waals surface area contributed by atoms with Crippen LogP contribution in [0.5, 0.6) is 11.6 Å². The van der Waals surface area contributed by atoms with E-state index in [-0.39, 0.29) is 16.6 Å². The number of carbonyl (C=O) groups is 1. The van der Waals surface area contributed by atoms with Gasteiger partial charge in [0.05, 0.1) is 0 Å². The van der Waals surface area contributed by atoms with E-state index >= 15 is 0 Å². The van der Waals surface area contributed by atoms with E-state index in [1.54, 1.807) is 0 Å². The third kappa shape index (κ3) is 2.75. The lowest BCUT2D eigenvalue weighted by molar-refractivity contribution is 0.0693. The molecule has 5 heteroatoms. The molecule has 2 rings (SSSR count). The van der Waals surface area contributed by atoms with Crippen molar-refractivity contribution in [1.82, 2.24) is 4.98 Å². The quantitative estimate of drug-likeness (QED) is 0.863. The highest BCUT2D eigenvalue weighted by atomic mass is 35.5. The number of carboxylic acid groups (broad SMARTS) is 1. The minimum atomic E-state index is -1.10. The number of aromatic carboxylic acids is 1. The average Bonchev–Trinajstić information content (AvgIpc) is 2.39. The van der Waals surface area contributed by atoms with E-state index in [0.717, 1.165) is 16.7 Å². The summed E-state index contributed by atoms with van der Waals surface area (Å²) in [6, 6.07) is 6.71. The average molecular weight is 292 g/mol. The van der Waals surface area contributed by atoms with Gasteiger partial charge in [-0.3, -0.25) is 0 Å². The van der Waals surface area contributed by atoms with Crippen LogP contribution in [0.3, 0.4) is 0 Å². The highest BCUT2D eigenvalue weighted by Crippen LogP contribution is 2.32. The Balaban J connectivity index is 2.53. The fraction of sp³-hybridized carbons (Fsp3) is 0.200. The molecule has 0 aliphatic rings. The van der Waals surface area contributed by atoms with Crippen molar-refractivity contribution in [1.29, 1.82) is 0 Å². The van der Waals surface area contributed by atoms with Crippen LogP contribution in [0.4, 0.5) is 0 Å². The van der Waals surface area contributed by atoms with E-state index < -0.39 is 5.97 Å².